The number of hydrogen-bond acceptors (Lipinski definition) is 0. The molecular formula is C33H26NP. The highest BCUT2D eigenvalue weighted by Crippen LogP contribution is 2.51. The summed E-state index contributed by atoms with van der Waals surface area (Å²) < 4.78 is 2.42. The van der Waals surface area contributed by atoms with Gasteiger partial charge in [-0.1, -0.05) is 80.6 Å². The quantitative estimate of drug-likeness (QED) is 0.226. The van der Waals surface area contributed by atoms with Crippen molar-refractivity contribution in [2.24, 2.45) is 0 Å². The van der Waals surface area contributed by atoms with Crippen molar-refractivity contribution in [1.29, 1.82) is 0 Å². The van der Waals surface area contributed by atoms with Gasteiger partial charge in [-0.05, 0) is 81.1 Å². The molecule has 1 aromatic heterocycles. The summed E-state index contributed by atoms with van der Waals surface area (Å²) in [6.45, 7) is 4.73. The number of rotatable bonds is 2. The number of aromatic nitrogens is 1. The van der Waals surface area contributed by atoms with Crippen molar-refractivity contribution < 1.29 is 0 Å². The summed E-state index contributed by atoms with van der Waals surface area (Å²) in [5.41, 5.74) is 11.7. The van der Waals surface area contributed by atoms with Crippen LogP contribution in [0.2, 0.25) is 0 Å². The van der Waals surface area contributed by atoms with Gasteiger partial charge < -0.3 is 4.57 Å². The van der Waals surface area contributed by atoms with E-state index in [0.717, 1.165) is 0 Å². The molecule has 35 heavy (non-hydrogen) atoms. The standard InChI is InChI=1S/C33H26NP/c1-33(2)28-19-31-27(23-15-9-10-16-30(23)34(31)22-13-7-4-8-14-22)18-26(28)25-17-24(32(35)20-29(25)33)21-11-5-3-6-12-21/h3-20H,35H2,1-2H3. The second-order valence-electron chi connectivity index (χ2n) is 10.1. The molecule has 5 aromatic carbocycles. The number of para-hydroxylation sites is 2. The van der Waals surface area contributed by atoms with Crippen LogP contribution < -0.4 is 5.30 Å². The average molecular weight is 468 g/mol. The van der Waals surface area contributed by atoms with Crippen LogP contribution in [0.1, 0.15) is 25.0 Å². The van der Waals surface area contributed by atoms with Crippen LogP contribution >= 0.6 is 9.24 Å². The third-order valence-electron chi connectivity index (χ3n) is 7.74. The van der Waals surface area contributed by atoms with Gasteiger partial charge in [0, 0.05) is 21.9 Å². The van der Waals surface area contributed by atoms with Crippen molar-refractivity contribution in [3.8, 4) is 27.9 Å². The lowest BCUT2D eigenvalue weighted by atomic mass is 9.82. The summed E-state index contributed by atoms with van der Waals surface area (Å²) in [6, 6.07) is 39.9. The van der Waals surface area contributed by atoms with E-state index >= 15 is 0 Å². The molecule has 168 valence electrons. The second-order valence-corrected chi connectivity index (χ2v) is 10.7. The Balaban J connectivity index is 1.56. The monoisotopic (exact) mass is 467 g/mol. The third-order valence-corrected chi connectivity index (χ3v) is 8.22. The molecule has 1 unspecified atom stereocenters. The van der Waals surface area contributed by atoms with Gasteiger partial charge >= 0.3 is 0 Å². The number of hydrogen-bond donors (Lipinski definition) is 0. The first-order valence-electron chi connectivity index (χ1n) is 12.2. The van der Waals surface area contributed by atoms with E-state index in [-0.39, 0.29) is 5.41 Å². The Bertz CT molecular complexity index is 1760. The number of nitrogens with zero attached hydrogens (tertiary/aromatic N) is 1. The van der Waals surface area contributed by atoms with E-state index in [9.17, 15) is 0 Å². The van der Waals surface area contributed by atoms with E-state index in [0.29, 0.717) is 0 Å². The normalized spacial score (nSPS) is 13.8. The zero-order valence-corrected chi connectivity index (χ0v) is 21.1. The molecule has 1 aliphatic carbocycles. The molecule has 2 heteroatoms. The predicted octanol–water partition coefficient (Wildman–Crippen LogP) is 8.26. The van der Waals surface area contributed by atoms with Crippen LogP contribution in [-0.2, 0) is 5.41 Å². The minimum Gasteiger partial charge on any atom is -0.309 e. The second kappa shape index (κ2) is 7.41. The van der Waals surface area contributed by atoms with Crippen molar-refractivity contribution in [3.05, 3.63) is 120 Å². The van der Waals surface area contributed by atoms with Crippen molar-refractivity contribution in [2.75, 3.05) is 0 Å². The molecule has 1 atom stereocenters. The maximum Gasteiger partial charge on any atom is 0.0544 e. The molecule has 0 amide bonds. The SMILES string of the molecule is CC1(C)c2cc(P)c(-c3ccccc3)cc2-c2cc3c4ccccc4n(-c4ccccc4)c3cc21. The van der Waals surface area contributed by atoms with Gasteiger partial charge in [-0.2, -0.15) is 0 Å². The maximum atomic E-state index is 2.98. The Kier molecular flexibility index (Phi) is 4.38. The first-order chi connectivity index (χ1) is 17.0. The van der Waals surface area contributed by atoms with E-state index in [2.05, 4.69) is 137 Å². The lowest BCUT2D eigenvalue weighted by molar-refractivity contribution is 0.661. The van der Waals surface area contributed by atoms with Crippen LogP contribution in [0.15, 0.2) is 109 Å². The molecule has 0 radical (unpaired) electrons. The highest BCUT2D eigenvalue weighted by atomic mass is 31.0. The van der Waals surface area contributed by atoms with Crippen LogP contribution in [0.25, 0.3) is 49.7 Å². The Hall–Kier alpha value is -3.67. The first-order valence-corrected chi connectivity index (χ1v) is 12.7. The lowest BCUT2D eigenvalue weighted by Gasteiger charge is -2.22. The first kappa shape index (κ1) is 20.7. The highest BCUT2D eigenvalue weighted by Gasteiger charge is 2.37. The van der Waals surface area contributed by atoms with E-state index in [1.165, 1.54) is 66.2 Å². The summed E-state index contributed by atoms with van der Waals surface area (Å²) in [6.07, 6.45) is 0. The Labute approximate surface area is 208 Å². The van der Waals surface area contributed by atoms with Gasteiger partial charge in [0.25, 0.3) is 0 Å². The Morgan fingerprint density at radius 3 is 1.97 bits per heavy atom. The fraction of sp³-hybridized carbons (Fsp3) is 0.0909. The van der Waals surface area contributed by atoms with Gasteiger partial charge in [0.15, 0.2) is 0 Å². The smallest absolute Gasteiger partial charge is 0.0544 e. The summed E-state index contributed by atoms with van der Waals surface area (Å²) >= 11 is 0. The van der Waals surface area contributed by atoms with Gasteiger partial charge in [-0.25, -0.2) is 0 Å². The topological polar surface area (TPSA) is 4.93 Å². The molecule has 1 nitrogen and oxygen atoms in total. The largest absolute Gasteiger partial charge is 0.309 e. The Morgan fingerprint density at radius 2 is 1.20 bits per heavy atom. The molecule has 0 N–H and O–H groups in total. The maximum absolute atomic E-state index is 2.98. The van der Waals surface area contributed by atoms with Crippen molar-refractivity contribution in [3.63, 3.8) is 0 Å². The van der Waals surface area contributed by atoms with Gasteiger partial charge in [0.2, 0.25) is 0 Å². The molecule has 6 aromatic rings. The van der Waals surface area contributed by atoms with Crippen LogP contribution in [0.5, 0.6) is 0 Å². The molecule has 1 aliphatic rings. The van der Waals surface area contributed by atoms with E-state index < -0.39 is 0 Å². The zero-order valence-electron chi connectivity index (χ0n) is 19.9. The molecule has 7 rings (SSSR count). The minimum atomic E-state index is -0.0721. The van der Waals surface area contributed by atoms with Crippen LogP contribution in [-0.4, -0.2) is 4.57 Å². The van der Waals surface area contributed by atoms with Crippen LogP contribution in [0.3, 0.4) is 0 Å². The average Bonchev–Trinajstić information content (AvgIpc) is 3.32. The molecule has 0 saturated carbocycles. The summed E-state index contributed by atoms with van der Waals surface area (Å²) in [4.78, 5) is 0. The molecule has 0 saturated heterocycles. The van der Waals surface area contributed by atoms with Gasteiger partial charge in [-0.3, -0.25) is 0 Å². The van der Waals surface area contributed by atoms with Crippen molar-refractivity contribution in [1.82, 2.24) is 4.57 Å². The molecule has 1 heterocycles. The molecular weight excluding hydrogens is 441 g/mol. The van der Waals surface area contributed by atoms with Gasteiger partial charge in [-0.15, -0.1) is 9.24 Å². The number of fused-ring (bicyclic) bond motifs is 6. The highest BCUT2D eigenvalue weighted by molar-refractivity contribution is 7.28. The van der Waals surface area contributed by atoms with E-state index in [4.69, 9.17) is 0 Å². The lowest BCUT2D eigenvalue weighted by Crippen LogP contribution is -2.16. The number of benzene rings is 5. The van der Waals surface area contributed by atoms with Crippen molar-refractivity contribution in [2.45, 2.75) is 19.3 Å². The predicted molar refractivity (Wildman–Crippen MR) is 153 cm³/mol. The third kappa shape index (κ3) is 2.92. The van der Waals surface area contributed by atoms with E-state index in [1.54, 1.807) is 0 Å². The fourth-order valence-electron chi connectivity index (χ4n) is 5.98. The molecule has 0 fully saturated rings. The van der Waals surface area contributed by atoms with Crippen LogP contribution in [0, 0.1) is 0 Å². The minimum absolute atomic E-state index is 0.0721. The van der Waals surface area contributed by atoms with Gasteiger partial charge in [0.05, 0.1) is 11.0 Å². The fourth-order valence-corrected chi connectivity index (χ4v) is 6.40. The van der Waals surface area contributed by atoms with Crippen molar-refractivity contribution >= 4 is 36.4 Å². The summed E-state index contributed by atoms with van der Waals surface area (Å²) in [5, 5.41) is 3.86. The Morgan fingerprint density at radius 1 is 0.571 bits per heavy atom. The molecule has 0 bridgehead atoms. The van der Waals surface area contributed by atoms with Crippen LogP contribution in [0.4, 0.5) is 0 Å². The molecule has 0 spiro atoms. The molecule has 0 aliphatic heterocycles. The van der Waals surface area contributed by atoms with Gasteiger partial charge in [0.1, 0.15) is 0 Å². The summed E-state index contributed by atoms with van der Waals surface area (Å²) in [7, 11) is 2.98. The van der Waals surface area contributed by atoms with E-state index in [1.807, 2.05) is 0 Å². The summed E-state index contributed by atoms with van der Waals surface area (Å²) in [5.74, 6) is 0. The zero-order chi connectivity index (χ0) is 23.7.